The highest BCUT2D eigenvalue weighted by Gasteiger charge is 2.12. The molecule has 0 aliphatic carbocycles. The average Bonchev–Trinajstić information content (AvgIpc) is 2.27. The lowest BCUT2D eigenvalue weighted by molar-refractivity contribution is 0.419. The van der Waals surface area contributed by atoms with E-state index in [9.17, 15) is 0 Å². The Morgan fingerprint density at radius 3 is 2.69 bits per heavy atom. The summed E-state index contributed by atoms with van der Waals surface area (Å²) in [4.78, 5) is 4.34. The topological polar surface area (TPSA) is 22.1 Å². The van der Waals surface area contributed by atoms with E-state index in [0.29, 0.717) is 5.92 Å². The summed E-state index contributed by atoms with van der Waals surface area (Å²) in [5.41, 5.74) is 2.00. The molecular formula is C13H14ClNO. The Labute approximate surface area is 100 Å². The molecule has 0 N–H and O–H groups in total. The van der Waals surface area contributed by atoms with Crippen molar-refractivity contribution in [3.63, 3.8) is 0 Å². The van der Waals surface area contributed by atoms with Crippen molar-refractivity contribution in [3.8, 4) is 5.75 Å². The molecule has 84 valence electrons. The van der Waals surface area contributed by atoms with E-state index < -0.39 is 0 Å². The molecule has 0 aliphatic rings. The van der Waals surface area contributed by atoms with Crippen molar-refractivity contribution < 1.29 is 4.74 Å². The highest BCUT2D eigenvalue weighted by atomic mass is 35.5. The molecule has 2 rings (SSSR count). The Morgan fingerprint density at radius 2 is 2.06 bits per heavy atom. The molecule has 1 aromatic carbocycles. The maximum Gasteiger partial charge on any atom is 0.145 e. The average molecular weight is 236 g/mol. The second kappa shape index (κ2) is 4.30. The van der Waals surface area contributed by atoms with Crippen LogP contribution < -0.4 is 4.74 Å². The van der Waals surface area contributed by atoms with Crippen molar-refractivity contribution in [1.82, 2.24) is 4.98 Å². The number of ether oxygens (including phenoxy) is 1. The van der Waals surface area contributed by atoms with Gasteiger partial charge < -0.3 is 4.74 Å². The van der Waals surface area contributed by atoms with Crippen molar-refractivity contribution >= 4 is 22.5 Å². The summed E-state index contributed by atoms with van der Waals surface area (Å²) >= 11 is 6.19. The smallest absolute Gasteiger partial charge is 0.145 e. The summed E-state index contributed by atoms with van der Waals surface area (Å²) in [6.07, 6.45) is 1.70. The molecule has 0 saturated heterocycles. The summed E-state index contributed by atoms with van der Waals surface area (Å²) in [5.74, 6) is 1.15. The van der Waals surface area contributed by atoms with Crippen LogP contribution in [-0.4, -0.2) is 12.1 Å². The van der Waals surface area contributed by atoms with Crippen LogP contribution in [0.4, 0.5) is 0 Å². The standard InChI is InChI=1S/C13H14ClNO/c1-8(2)12-9-5-4-6-11(16-3)13(9)15-7-10(12)14/h4-8H,1-3H3. The number of hydrogen-bond acceptors (Lipinski definition) is 2. The molecule has 16 heavy (non-hydrogen) atoms. The van der Waals surface area contributed by atoms with Crippen molar-refractivity contribution in [2.24, 2.45) is 0 Å². The molecule has 3 heteroatoms. The largest absolute Gasteiger partial charge is 0.494 e. The molecular weight excluding hydrogens is 222 g/mol. The van der Waals surface area contributed by atoms with Gasteiger partial charge in [-0.2, -0.15) is 0 Å². The molecule has 0 spiro atoms. The fraction of sp³-hybridized carbons (Fsp3) is 0.308. The van der Waals surface area contributed by atoms with E-state index in [1.54, 1.807) is 13.3 Å². The van der Waals surface area contributed by atoms with Crippen molar-refractivity contribution in [2.75, 3.05) is 7.11 Å². The highest BCUT2D eigenvalue weighted by molar-refractivity contribution is 6.32. The van der Waals surface area contributed by atoms with Gasteiger partial charge >= 0.3 is 0 Å². The molecule has 0 amide bonds. The highest BCUT2D eigenvalue weighted by Crippen LogP contribution is 2.34. The van der Waals surface area contributed by atoms with E-state index in [1.165, 1.54) is 0 Å². The zero-order valence-corrected chi connectivity index (χ0v) is 10.4. The van der Waals surface area contributed by atoms with Crippen LogP contribution in [0.15, 0.2) is 24.4 Å². The Kier molecular flexibility index (Phi) is 3.01. The maximum atomic E-state index is 6.19. The number of halogens is 1. The number of methoxy groups -OCH3 is 1. The second-order valence-electron chi connectivity index (χ2n) is 4.03. The van der Waals surface area contributed by atoms with Crippen molar-refractivity contribution in [2.45, 2.75) is 19.8 Å². The Hall–Kier alpha value is -1.28. The number of fused-ring (bicyclic) bond motifs is 1. The minimum Gasteiger partial charge on any atom is -0.494 e. The van der Waals surface area contributed by atoms with Gasteiger partial charge in [-0.25, -0.2) is 0 Å². The first-order valence-electron chi connectivity index (χ1n) is 5.26. The molecule has 2 aromatic rings. The minimum atomic E-state index is 0.366. The van der Waals surface area contributed by atoms with Crippen LogP contribution in [0.3, 0.4) is 0 Å². The van der Waals surface area contributed by atoms with Gasteiger partial charge in [0.25, 0.3) is 0 Å². The molecule has 0 saturated carbocycles. The molecule has 0 radical (unpaired) electrons. The SMILES string of the molecule is COc1cccc2c(C(C)C)c(Cl)cnc12. The van der Waals surface area contributed by atoms with Crippen LogP contribution in [0.5, 0.6) is 5.75 Å². The summed E-state index contributed by atoms with van der Waals surface area (Å²) in [6, 6.07) is 5.91. The van der Waals surface area contributed by atoms with Gasteiger partial charge in [0.05, 0.1) is 12.1 Å². The molecule has 1 aromatic heterocycles. The number of nitrogens with zero attached hydrogens (tertiary/aromatic N) is 1. The van der Waals surface area contributed by atoms with E-state index in [1.807, 2.05) is 18.2 Å². The molecule has 2 nitrogen and oxygen atoms in total. The first-order chi connectivity index (χ1) is 7.65. The fourth-order valence-electron chi connectivity index (χ4n) is 1.94. The predicted octanol–water partition coefficient (Wildman–Crippen LogP) is 4.02. The minimum absolute atomic E-state index is 0.366. The third kappa shape index (κ3) is 1.74. The third-order valence-electron chi connectivity index (χ3n) is 2.65. The Bertz CT molecular complexity index is 523. The van der Waals surface area contributed by atoms with Crippen LogP contribution in [0, 0.1) is 0 Å². The van der Waals surface area contributed by atoms with Gasteiger partial charge in [-0.3, -0.25) is 4.98 Å². The monoisotopic (exact) mass is 235 g/mol. The molecule has 0 unspecified atom stereocenters. The third-order valence-corrected chi connectivity index (χ3v) is 2.95. The van der Waals surface area contributed by atoms with Gasteiger partial charge in [0.15, 0.2) is 0 Å². The molecule has 0 bridgehead atoms. The number of aromatic nitrogens is 1. The van der Waals surface area contributed by atoms with E-state index in [4.69, 9.17) is 16.3 Å². The van der Waals surface area contributed by atoms with E-state index >= 15 is 0 Å². The Balaban J connectivity index is 2.83. The summed E-state index contributed by atoms with van der Waals surface area (Å²) < 4.78 is 5.30. The van der Waals surface area contributed by atoms with Crippen LogP contribution >= 0.6 is 11.6 Å². The molecule has 0 atom stereocenters. The number of para-hydroxylation sites is 1. The van der Waals surface area contributed by atoms with Crippen molar-refractivity contribution in [3.05, 3.63) is 35.0 Å². The van der Waals surface area contributed by atoms with Gasteiger partial charge in [0, 0.05) is 11.6 Å². The lowest BCUT2D eigenvalue weighted by Crippen LogP contribution is -1.95. The van der Waals surface area contributed by atoms with Gasteiger partial charge in [-0.15, -0.1) is 0 Å². The first kappa shape index (κ1) is 11.2. The number of rotatable bonds is 2. The Morgan fingerprint density at radius 1 is 1.31 bits per heavy atom. The van der Waals surface area contributed by atoms with Crippen LogP contribution in [0.1, 0.15) is 25.3 Å². The van der Waals surface area contributed by atoms with Gasteiger partial charge in [-0.05, 0) is 17.5 Å². The zero-order chi connectivity index (χ0) is 11.7. The van der Waals surface area contributed by atoms with E-state index in [-0.39, 0.29) is 0 Å². The summed E-state index contributed by atoms with van der Waals surface area (Å²) in [6.45, 7) is 4.25. The van der Waals surface area contributed by atoms with E-state index in [0.717, 1.165) is 27.2 Å². The summed E-state index contributed by atoms with van der Waals surface area (Å²) in [5, 5.41) is 1.79. The van der Waals surface area contributed by atoms with Crippen LogP contribution in [-0.2, 0) is 0 Å². The number of benzene rings is 1. The molecule has 0 aliphatic heterocycles. The fourth-order valence-corrected chi connectivity index (χ4v) is 2.31. The van der Waals surface area contributed by atoms with Gasteiger partial charge in [-0.1, -0.05) is 37.6 Å². The van der Waals surface area contributed by atoms with E-state index in [2.05, 4.69) is 18.8 Å². The quantitative estimate of drug-likeness (QED) is 0.784. The normalized spacial score (nSPS) is 11.1. The van der Waals surface area contributed by atoms with Gasteiger partial charge in [0.2, 0.25) is 0 Å². The maximum absolute atomic E-state index is 6.19. The zero-order valence-electron chi connectivity index (χ0n) is 9.62. The summed E-state index contributed by atoms with van der Waals surface area (Å²) in [7, 11) is 1.65. The van der Waals surface area contributed by atoms with Crippen molar-refractivity contribution in [1.29, 1.82) is 0 Å². The predicted molar refractivity (Wildman–Crippen MR) is 67.4 cm³/mol. The second-order valence-corrected chi connectivity index (χ2v) is 4.44. The van der Waals surface area contributed by atoms with Crippen LogP contribution in [0.2, 0.25) is 5.02 Å². The lowest BCUT2D eigenvalue weighted by Gasteiger charge is -2.13. The molecule has 1 heterocycles. The molecule has 0 fully saturated rings. The first-order valence-corrected chi connectivity index (χ1v) is 5.64. The number of pyridine rings is 1. The lowest BCUT2D eigenvalue weighted by atomic mass is 9.99. The van der Waals surface area contributed by atoms with Gasteiger partial charge in [0.1, 0.15) is 11.3 Å². The van der Waals surface area contributed by atoms with Crippen LogP contribution in [0.25, 0.3) is 10.9 Å². The number of hydrogen-bond donors (Lipinski definition) is 0.